The summed E-state index contributed by atoms with van der Waals surface area (Å²) in [4.78, 5) is 9.83. The van der Waals surface area contributed by atoms with Gasteiger partial charge in [0.05, 0.1) is 0 Å². The summed E-state index contributed by atoms with van der Waals surface area (Å²) in [5.74, 6) is 0. The molecule has 0 aliphatic carbocycles. The van der Waals surface area contributed by atoms with Crippen molar-refractivity contribution >= 4 is 26.5 Å². The van der Waals surface area contributed by atoms with Crippen molar-refractivity contribution in [1.82, 2.24) is 5.01 Å². The van der Waals surface area contributed by atoms with Crippen molar-refractivity contribution in [3.8, 4) is 0 Å². The quantitative estimate of drug-likeness (QED) is 0.224. The van der Waals surface area contributed by atoms with Gasteiger partial charge in [0, 0.05) is 0 Å². The second-order valence-electron chi connectivity index (χ2n) is 1.40. The molecule has 9 heteroatoms. The molecule has 0 fully saturated rings. The number of nitrogens with zero attached hydrogens (tertiary/aromatic N) is 3. The molecule has 0 saturated heterocycles. The normalized spacial score (nSPS) is 10.8. The minimum absolute atomic E-state index is 0.104. The van der Waals surface area contributed by atoms with E-state index in [0.29, 0.717) is 0 Å². The third-order valence-corrected chi connectivity index (χ3v) is 1.68. The first-order valence-electron chi connectivity index (χ1n) is 2.25. The molecule has 0 radical (unpaired) electrons. The van der Waals surface area contributed by atoms with Crippen LogP contribution in [0.4, 0.5) is 0 Å². The van der Waals surface area contributed by atoms with E-state index in [0.717, 1.165) is 7.05 Å². The molecule has 0 amide bonds. The Morgan fingerprint density at radius 1 is 1.73 bits per heavy atom. The Kier molecular flexibility index (Phi) is 3.73. The van der Waals surface area contributed by atoms with E-state index in [2.05, 4.69) is 3.15 Å². The van der Waals surface area contributed by atoms with Crippen molar-refractivity contribution in [2.75, 3.05) is 7.05 Å². The third kappa shape index (κ3) is 3.71. The molecule has 0 aromatic rings. The molecule has 0 rings (SSSR count). The summed E-state index contributed by atoms with van der Waals surface area (Å²) in [7, 11) is 0.878. The first-order valence-corrected chi connectivity index (χ1v) is 5.47. The molecule has 0 spiro atoms. The molecule has 1 N–H and O–H groups in total. The summed E-state index contributed by atoms with van der Waals surface area (Å²) < 4.78 is 22.4. The van der Waals surface area contributed by atoms with E-state index in [4.69, 9.17) is 5.11 Å². The Morgan fingerprint density at radius 3 is 2.45 bits per heavy atom. The number of hydrazine groups is 1. The minimum atomic E-state index is -4.21. The van der Waals surface area contributed by atoms with Gasteiger partial charge in [0.1, 0.15) is 0 Å². The Bertz CT molecular complexity index is 248. The van der Waals surface area contributed by atoms with Crippen LogP contribution < -0.4 is 0 Å². The fourth-order valence-electron chi connectivity index (χ4n) is 0.211. The molecular weight excluding hydrogens is 268 g/mol. The van der Waals surface area contributed by atoms with Crippen LogP contribution in [0.1, 0.15) is 0 Å². The molecule has 0 heterocycles. The van der Waals surface area contributed by atoms with E-state index in [1.54, 1.807) is 0 Å². The summed E-state index contributed by atoms with van der Waals surface area (Å²) in [6.45, 7) is 0. The first kappa shape index (κ1) is 10.1. The van der Waals surface area contributed by atoms with Gasteiger partial charge in [-0.25, -0.2) is 0 Å². The summed E-state index contributed by atoms with van der Waals surface area (Å²) in [5.41, 5.74) is 0. The Balaban J connectivity index is 4.48. The Morgan fingerprint density at radius 2 is 2.18 bits per heavy atom. The molecule has 0 aliphatic rings. The summed E-state index contributed by atoms with van der Waals surface area (Å²) in [5, 5.41) is 17.5. The molecule has 11 heavy (non-hydrogen) atoms. The first-order chi connectivity index (χ1) is 4.95. The van der Waals surface area contributed by atoms with Crippen LogP contribution in [-0.2, 0) is 6.03 Å². The zero-order chi connectivity index (χ0) is 9.02. The predicted octanol–water partition coefficient (Wildman–Crippen LogP) is -1.13. The Labute approximate surface area is 68.4 Å². The maximum atomic E-state index is 9.90. The molecular formula is C2H4N3O5Sb. The van der Waals surface area contributed by atoms with Crippen LogP contribution >= 0.6 is 0 Å². The van der Waals surface area contributed by atoms with E-state index < -0.39 is 31.5 Å². The summed E-state index contributed by atoms with van der Waals surface area (Å²) in [6, 6.07) is -1.12. The van der Waals surface area contributed by atoms with Crippen LogP contribution in [0.25, 0.3) is 0 Å². The fraction of sp³-hybridized carbons (Fsp3) is 0.500. The molecule has 8 nitrogen and oxygen atoms in total. The average Bonchev–Trinajstić information content (AvgIpc) is 1.84. The van der Waals surface area contributed by atoms with Crippen LogP contribution in [0.15, 0.2) is 3.15 Å². The van der Waals surface area contributed by atoms with E-state index >= 15 is 0 Å². The molecule has 0 aromatic heterocycles. The molecule has 62 valence electrons. The van der Waals surface area contributed by atoms with Gasteiger partial charge < -0.3 is 0 Å². The molecule has 0 unspecified atom stereocenters. The SMILES string of the molecule is CN(C(O)=[N][Sb](=[O])=[O])[N+](=O)[O-]. The third-order valence-electron chi connectivity index (χ3n) is 0.705. The number of nitro groups is 1. The van der Waals surface area contributed by atoms with Crippen LogP contribution in [-0.4, -0.2) is 48.7 Å². The monoisotopic (exact) mass is 271 g/mol. The number of amidine groups is 1. The summed E-state index contributed by atoms with van der Waals surface area (Å²) >= 11 is -4.21. The van der Waals surface area contributed by atoms with Crippen molar-refractivity contribution in [2.45, 2.75) is 0 Å². The van der Waals surface area contributed by atoms with E-state index in [1.165, 1.54) is 0 Å². The van der Waals surface area contributed by atoms with Crippen LogP contribution in [0.2, 0.25) is 0 Å². The van der Waals surface area contributed by atoms with Crippen LogP contribution in [0.3, 0.4) is 0 Å². The molecule has 0 bridgehead atoms. The van der Waals surface area contributed by atoms with E-state index in [9.17, 15) is 16.1 Å². The number of aliphatic hydroxyl groups is 1. The van der Waals surface area contributed by atoms with Gasteiger partial charge >= 0.3 is 68.0 Å². The predicted molar refractivity (Wildman–Crippen MR) is 31.9 cm³/mol. The van der Waals surface area contributed by atoms with E-state index in [-0.39, 0.29) is 5.01 Å². The van der Waals surface area contributed by atoms with Gasteiger partial charge in [-0.3, -0.25) is 0 Å². The van der Waals surface area contributed by atoms with Gasteiger partial charge in [0.15, 0.2) is 0 Å². The standard InChI is InChI=1S/C2H4N3O3.2O.Sb/c1-4(2(3)6)5(7)8;;;/h1H3,(H-,3,6);;;/q-1;;;+1. The zero-order valence-electron chi connectivity index (χ0n) is 5.37. The van der Waals surface area contributed by atoms with Crippen molar-refractivity contribution in [3.63, 3.8) is 0 Å². The van der Waals surface area contributed by atoms with Crippen molar-refractivity contribution in [3.05, 3.63) is 10.1 Å². The number of hydrogen-bond donors (Lipinski definition) is 1. The van der Waals surface area contributed by atoms with Crippen molar-refractivity contribution in [1.29, 1.82) is 0 Å². The number of rotatable bonds is 2. The van der Waals surface area contributed by atoms with Gasteiger partial charge in [0.2, 0.25) is 0 Å². The van der Waals surface area contributed by atoms with E-state index in [1.807, 2.05) is 0 Å². The van der Waals surface area contributed by atoms with Gasteiger partial charge in [0.25, 0.3) is 0 Å². The van der Waals surface area contributed by atoms with Gasteiger partial charge in [-0.2, -0.15) is 0 Å². The Hall–Kier alpha value is -0.912. The topological polar surface area (TPSA) is 113 Å². The van der Waals surface area contributed by atoms with Crippen molar-refractivity contribution in [2.24, 2.45) is 3.15 Å². The molecule has 0 aliphatic heterocycles. The second kappa shape index (κ2) is 4.07. The fourth-order valence-corrected chi connectivity index (χ4v) is 0.997. The maximum absolute atomic E-state index is 9.90. The molecule has 0 aromatic carbocycles. The molecule has 0 atom stereocenters. The van der Waals surface area contributed by atoms with Crippen LogP contribution in [0, 0.1) is 10.1 Å². The van der Waals surface area contributed by atoms with Gasteiger partial charge in [-0.1, -0.05) is 0 Å². The number of aliphatic hydroxyl groups excluding tert-OH is 1. The molecule has 0 saturated carbocycles. The van der Waals surface area contributed by atoms with Crippen molar-refractivity contribution < 1.29 is 16.2 Å². The second-order valence-corrected chi connectivity index (χ2v) is 3.33. The van der Waals surface area contributed by atoms with Crippen LogP contribution in [0.5, 0.6) is 0 Å². The average molecular weight is 272 g/mol. The zero-order valence-corrected chi connectivity index (χ0v) is 7.92. The van der Waals surface area contributed by atoms with Gasteiger partial charge in [-0.15, -0.1) is 0 Å². The summed E-state index contributed by atoms with van der Waals surface area (Å²) in [6.07, 6.45) is 0. The van der Waals surface area contributed by atoms with Gasteiger partial charge in [-0.05, 0) is 0 Å². The number of hydrogen-bond acceptors (Lipinski definition) is 4.